The number of thiophene rings is 1. The van der Waals surface area contributed by atoms with Gasteiger partial charge < -0.3 is 14.7 Å². The van der Waals surface area contributed by atoms with E-state index in [0.717, 1.165) is 10.4 Å². The number of aryl methyl sites for hydroxylation is 1. The molecule has 1 aromatic carbocycles. The molecular formula is C21H22FN3O3S. The first kappa shape index (κ1) is 19.6. The SMILES string of the molecule is Cc1ccc(C(=O)N2CCCN3C(=O)CN(Cc4ccc(F)cc4)C(=O)C3C2)s1. The summed E-state index contributed by atoms with van der Waals surface area (Å²) in [6.45, 7) is 3.37. The van der Waals surface area contributed by atoms with Crippen LogP contribution in [-0.2, 0) is 16.1 Å². The second-order valence-corrected chi connectivity index (χ2v) is 8.73. The van der Waals surface area contributed by atoms with Gasteiger partial charge in [0.2, 0.25) is 11.8 Å². The van der Waals surface area contributed by atoms with Crippen molar-refractivity contribution in [3.63, 3.8) is 0 Å². The van der Waals surface area contributed by atoms with E-state index in [1.807, 2.05) is 13.0 Å². The number of carbonyl (C=O) groups is 3. The number of nitrogens with zero attached hydrogens (tertiary/aromatic N) is 3. The first-order valence-corrected chi connectivity index (χ1v) is 10.4. The number of rotatable bonds is 3. The molecule has 2 aromatic rings. The maximum Gasteiger partial charge on any atom is 0.264 e. The summed E-state index contributed by atoms with van der Waals surface area (Å²) in [6, 6.07) is 8.94. The molecular weight excluding hydrogens is 393 g/mol. The fourth-order valence-corrected chi connectivity index (χ4v) is 4.71. The molecule has 0 spiro atoms. The molecule has 29 heavy (non-hydrogen) atoms. The van der Waals surface area contributed by atoms with Crippen LogP contribution in [0.2, 0.25) is 0 Å². The van der Waals surface area contributed by atoms with Gasteiger partial charge in [-0.05, 0) is 43.2 Å². The second kappa shape index (κ2) is 7.94. The van der Waals surface area contributed by atoms with Crippen molar-refractivity contribution in [3.8, 4) is 0 Å². The number of halogens is 1. The fraction of sp³-hybridized carbons (Fsp3) is 0.381. The van der Waals surface area contributed by atoms with Gasteiger partial charge in [0.05, 0.1) is 11.4 Å². The standard InChI is InChI=1S/C21H22FN3O3S/c1-14-3-8-18(29-14)21(28)23-9-2-10-25-17(12-23)20(27)24(13-19(25)26)11-15-4-6-16(22)7-5-15/h3-8,17H,2,9-13H2,1H3. The van der Waals surface area contributed by atoms with Gasteiger partial charge in [0.15, 0.2) is 0 Å². The van der Waals surface area contributed by atoms with Gasteiger partial charge in [0.25, 0.3) is 5.91 Å². The minimum Gasteiger partial charge on any atom is -0.335 e. The average Bonchev–Trinajstić information content (AvgIpc) is 3.00. The van der Waals surface area contributed by atoms with Gasteiger partial charge in [-0.1, -0.05) is 12.1 Å². The van der Waals surface area contributed by atoms with Crippen LogP contribution < -0.4 is 0 Å². The summed E-state index contributed by atoms with van der Waals surface area (Å²) in [5.41, 5.74) is 0.761. The molecule has 3 amide bonds. The van der Waals surface area contributed by atoms with E-state index in [4.69, 9.17) is 0 Å². The van der Waals surface area contributed by atoms with E-state index in [0.29, 0.717) is 24.4 Å². The van der Waals surface area contributed by atoms with Crippen LogP contribution in [0.3, 0.4) is 0 Å². The zero-order valence-electron chi connectivity index (χ0n) is 16.1. The zero-order valence-corrected chi connectivity index (χ0v) is 17.0. The largest absolute Gasteiger partial charge is 0.335 e. The van der Waals surface area contributed by atoms with Gasteiger partial charge in [-0.15, -0.1) is 11.3 Å². The molecule has 2 saturated heterocycles. The normalized spacial score (nSPS) is 19.9. The lowest BCUT2D eigenvalue weighted by Crippen LogP contribution is -2.61. The van der Waals surface area contributed by atoms with E-state index in [2.05, 4.69) is 0 Å². The molecule has 0 aliphatic carbocycles. The molecule has 8 heteroatoms. The van der Waals surface area contributed by atoms with Gasteiger partial charge in [-0.25, -0.2) is 4.39 Å². The smallest absolute Gasteiger partial charge is 0.264 e. The Balaban J connectivity index is 1.53. The lowest BCUT2D eigenvalue weighted by molar-refractivity contribution is -0.156. The third-order valence-electron chi connectivity index (χ3n) is 5.36. The van der Waals surface area contributed by atoms with Gasteiger partial charge in [0.1, 0.15) is 18.4 Å². The second-order valence-electron chi connectivity index (χ2n) is 7.44. The molecule has 3 heterocycles. The molecule has 4 rings (SSSR count). The summed E-state index contributed by atoms with van der Waals surface area (Å²) in [7, 11) is 0. The van der Waals surface area contributed by atoms with Gasteiger partial charge in [-0.3, -0.25) is 14.4 Å². The Kier molecular flexibility index (Phi) is 5.36. The summed E-state index contributed by atoms with van der Waals surface area (Å²) in [5.74, 6) is -0.725. The van der Waals surface area contributed by atoms with Crippen molar-refractivity contribution in [2.45, 2.75) is 25.9 Å². The van der Waals surface area contributed by atoms with Crippen molar-refractivity contribution in [2.24, 2.45) is 0 Å². The van der Waals surface area contributed by atoms with Gasteiger partial charge >= 0.3 is 0 Å². The lowest BCUT2D eigenvalue weighted by atomic mass is 10.1. The Morgan fingerprint density at radius 1 is 1.14 bits per heavy atom. The summed E-state index contributed by atoms with van der Waals surface area (Å²) in [4.78, 5) is 45.3. The van der Waals surface area contributed by atoms with Crippen LogP contribution in [-0.4, -0.2) is 64.6 Å². The Hall–Kier alpha value is -2.74. The summed E-state index contributed by atoms with van der Waals surface area (Å²) in [6.07, 6.45) is 0.642. The fourth-order valence-electron chi connectivity index (χ4n) is 3.87. The van der Waals surface area contributed by atoms with Crippen molar-refractivity contribution in [1.29, 1.82) is 0 Å². The zero-order chi connectivity index (χ0) is 20.5. The Labute approximate surface area is 172 Å². The molecule has 2 aliphatic heterocycles. The highest BCUT2D eigenvalue weighted by Crippen LogP contribution is 2.23. The Morgan fingerprint density at radius 2 is 1.90 bits per heavy atom. The molecule has 1 atom stereocenters. The summed E-state index contributed by atoms with van der Waals surface area (Å²) in [5, 5.41) is 0. The van der Waals surface area contributed by atoms with Crippen LogP contribution in [0.15, 0.2) is 36.4 Å². The van der Waals surface area contributed by atoms with Crippen LogP contribution in [0.25, 0.3) is 0 Å². The highest BCUT2D eigenvalue weighted by Gasteiger charge is 2.42. The van der Waals surface area contributed by atoms with Crippen LogP contribution in [0.4, 0.5) is 4.39 Å². The number of piperazine rings is 1. The third kappa shape index (κ3) is 4.03. The van der Waals surface area contributed by atoms with Crippen LogP contribution in [0, 0.1) is 12.7 Å². The van der Waals surface area contributed by atoms with E-state index in [1.165, 1.54) is 28.4 Å². The van der Waals surface area contributed by atoms with Crippen molar-refractivity contribution in [3.05, 3.63) is 57.5 Å². The molecule has 0 saturated carbocycles. The highest BCUT2D eigenvalue weighted by atomic mass is 32.1. The molecule has 0 N–H and O–H groups in total. The molecule has 1 unspecified atom stereocenters. The maximum absolute atomic E-state index is 13.2. The molecule has 2 fully saturated rings. The summed E-state index contributed by atoms with van der Waals surface area (Å²) >= 11 is 1.43. The van der Waals surface area contributed by atoms with Crippen molar-refractivity contribution in [1.82, 2.24) is 14.7 Å². The average molecular weight is 415 g/mol. The van der Waals surface area contributed by atoms with E-state index < -0.39 is 6.04 Å². The topological polar surface area (TPSA) is 60.9 Å². The number of benzene rings is 1. The monoisotopic (exact) mass is 415 g/mol. The van der Waals surface area contributed by atoms with E-state index in [9.17, 15) is 18.8 Å². The van der Waals surface area contributed by atoms with Crippen LogP contribution >= 0.6 is 11.3 Å². The van der Waals surface area contributed by atoms with Gasteiger partial charge in [0, 0.05) is 24.5 Å². The third-order valence-corrected chi connectivity index (χ3v) is 6.35. The predicted molar refractivity (Wildman–Crippen MR) is 107 cm³/mol. The number of amides is 3. The van der Waals surface area contributed by atoms with Crippen molar-refractivity contribution < 1.29 is 18.8 Å². The first-order chi connectivity index (χ1) is 13.9. The molecule has 6 nitrogen and oxygen atoms in total. The number of hydrogen-bond donors (Lipinski definition) is 0. The minimum atomic E-state index is -0.677. The molecule has 2 aliphatic rings. The quantitative estimate of drug-likeness (QED) is 0.773. The van der Waals surface area contributed by atoms with Gasteiger partial charge in [-0.2, -0.15) is 0 Å². The van der Waals surface area contributed by atoms with E-state index in [-0.39, 0.29) is 43.2 Å². The molecule has 0 radical (unpaired) electrons. The van der Waals surface area contributed by atoms with Crippen molar-refractivity contribution >= 4 is 29.1 Å². The van der Waals surface area contributed by atoms with Crippen molar-refractivity contribution in [2.75, 3.05) is 26.2 Å². The molecule has 152 valence electrons. The number of fused-ring (bicyclic) bond motifs is 1. The first-order valence-electron chi connectivity index (χ1n) is 9.61. The Morgan fingerprint density at radius 3 is 2.59 bits per heavy atom. The maximum atomic E-state index is 13.2. The molecule has 0 bridgehead atoms. The van der Waals surface area contributed by atoms with Crippen LogP contribution in [0.5, 0.6) is 0 Å². The van der Waals surface area contributed by atoms with E-state index in [1.54, 1.807) is 28.0 Å². The summed E-state index contributed by atoms with van der Waals surface area (Å²) < 4.78 is 13.2. The van der Waals surface area contributed by atoms with Crippen LogP contribution in [0.1, 0.15) is 26.5 Å². The molecule has 1 aromatic heterocycles. The predicted octanol–water partition coefficient (Wildman–Crippen LogP) is 2.28. The van der Waals surface area contributed by atoms with E-state index >= 15 is 0 Å². The Bertz CT molecular complexity index is 943. The number of hydrogen-bond acceptors (Lipinski definition) is 4. The minimum absolute atomic E-state index is 0.00474. The lowest BCUT2D eigenvalue weighted by Gasteiger charge is -2.40. The highest BCUT2D eigenvalue weighted by molar-refractivity contribution is 7.13. The number of carbonyl (C=O) groups excluding carboxylic acids is 3.